The van der Waals surface area contributed by atoms with Crippen molar-refractivity contribution in [2.45, 2.75) is 70.9 Å². The number of hydrogen-bond donors (Lipinski definition) is 3. The van der Waals surface area contributed by atoms with Gasteiger partial charge in [-0.2, -0.15) is 0 Å². The summed E-state index contributed by atoms with van der Waals surface area (Å²) in [7, 11) is 0. The highest BCUT2D eigenvalue weighted by Crippen LogP contribution is 2.33. The van der Waals surface area contributed by atoms with Gasteiger partial charge in [0.05, 0.1) is 11.6 Å². The summed E-state index contributed by atoms with van der Waals surface area (Å²) < 4.78 is 0. The van der Waals surface area contributed by atoms with E-state index in [2.05, 4.69) is 17.6 Å². The van der Waals surface area contributed by atoms with Crippen molar-refractivity contribution in [3.8, 4) is 0 Å². The van der Waals surface area contributed by atoms with Gasteiger partial charge in [0.1, 0.15) is 0 Å². The van der Waals surface area contributed by atoms with E-state index in [4.69, 9.17) is 0 Å². The minimum Gasteiger partial charge on any atom is -0.389 e. The van der Waals surface area contributed by atoms with E-state index in [1.54, 1.807) is 0 Å². The number of aliphatic hydroxyl groups is 1. The van der Waals surface area contributed by atoms with Gasteiger partial charge in [-0.05, 0) is 44.9 Å². The maximum atomic E-state index is 11.7. The van der Waals surface area contributed by atoms with E-state index in [-0.39, 0.29) is 11.9 Å². The molecule has 1 saturated carbocycles. The van der Waals surface area contributed by atoms with Crippen LogP contribution in [-0.2, 0) is 4.79 Å². The zero-order valence-electron chi connectivity index (χ0n) is 12.7. The summed E-state index contributed by atoms with van der Waals surface area (Å²) in [4.78, 5) is 11.7. The first kappa shape index (κ1) is 16.4. The molecular formula is C15H30N2O2. The van der Waals surface area contributed by atoms with Crippen molar-refractivity contribution in [3.05, 3.63) is 0 Å². The molecule has 0 heterocycles. The Morgan fingerprint density at radius 2 is 2.00 bits per heavy atom. The highest BCUT2D eigenvalue weighted by molar-refractivity contribution is 5.81. The molecule has 1 amide bonds. The fourth-order valence-electron chi connectivity index (χ4n) is 2.64. The van der Waals surface area contributed by atoms with Gasteiger partial charge in [-0.15, -0.1) is 0 Å². The Bertz CT molecular complexity index is 273. The quantitative estimate of drug-likeness (QED) is 0.661. The molecule has 0 saturated heterocycles. The summed E-state index contributed by atoms with van der Waals surface area (Å²) in [6, 6.07) is -0.237. The Labute approximate surface area is 117 Å². The highest BCUT2D eigenvalue weighted by atomic mass is 16.3. The van der Waals surface area contributed by atoms with Gasteiger partial charge >= 0.3 is 0 Å². The first-order chi connectivity index (χ1) is 9.00. The van der Waals surface area contributed by atoms with Gasteiger partial charge in [0.2, 0.25) is 5.91 Å². The first-order valence-corrected chi connectivity index (χ1v) is 7.74. The van der Waals surface area contributed by atoms with Crippen molar-refractivity contribution < 1.29 is 9.90 Å². The summed E-state index contributed by atoms with van der Waals surface area (Å²) in [6.07, 6.45) is 6.06. The Kier molecular flexibility index (Phi) is 6.80. The zero-order valence-corrected chi connectivity index (χ0v) is 12.7. The number of rotatable bonds is 7. The van der Waals surface area contributed by atoms with Gasteiger partial charge in [-0.3, -0.25) is 4.79 Å². The second-order valence-electron chi connectivity index (χ2n) is 5.97. The van der Waals surface area contributed by atoms with Crippen molar-refractivity contribution >= 4 is 5.91 Å². The number of amides is 1. The Balaban J connectivity index is 2.29. The van der Waals surface area contributed by atoms with Gasteiger partial charge in [-0.1, -0.05) is 20.3 Å². The Hall–Kier alpha value is -0.610. The van der Waals surface area contributed by atoms with Crippen LogP contribution in [0.2, 0.25) is 0 Å². The predicted octanol–water partition coefficient (Wildman–Crippen LogP) is 1.82. The summed E-state index contributed by atoms with van der Waals surface area (Å²) in [5, 5.41) is 16.5. The van der Waals surface area contributed by atoms with Crippen LogP contribution < -0.4 is 10.6 Å². The molecule has 1 aliphatic rings. The monoisotopic (exact) mass is 270 g/mol. The molecule has 112 valence electrons. The lowest BCUT2D eigenvalue weighted by atomic mass is 9.78. The normalized spacial score (nSPS) is 28.9. The molecule has 0 aliphatic heterocycles. The third-order valence-electron chi connectivity index (χ3n) is 4.29. The largest absolute Gasteiger partial charge is 0.389 e. The predicted molar refractivity (Wildman–Crippen MR) is 78.0 cm³/mol. The molecule has 0 aromatic rings. The van der Waals surface area contributed by atoms with E-state index < -0.39 is 5.60 Å². The van der Waals surface area contributed by atoms with Crippen LogP contribution in [0.15, 0.2) is 0 Å². The third-order valence-corrected chi connectivity index (χ3v) is 4.29. The zero-order chi connectivity index (χ0) is 14.3. The van der Waals surface area contributed by atoms with Gasteiger partial charge in [0, 0.05) is 13.1 Å². The van der Waals surface area contributed by atoms with E-state index in [9.17, 15) is 9.90 Å². The van der Waals surface area contributed by atoms with Gasteiger partial charge in [-0.25, -0.2) is 0 Å². The molecule has 4 nitrogen and oxygen atoms in total. The Morgan fingerprint density at radius 1 is 1.37 bits per heavy atom. The van der Waals surface area contributed by atoms with Crippen molar-refractivity contribution in [2.24, 2.45) is 5.92 Å². The molecule has 1 atom stereocenters. The topological polar surface area (TPSA) is 61.4 Å². The average Bonchev–Trinajstić information content (AvgIpc) is 2.43. The second kappa shape index (κ2) is 7.85. The molecule has 1 fully saturated rings. The molecule has 1 rings (SSSR count). The van der Waals surface area contributed by atoms with E-state index in [1.807, 2.05) is 13.8 Å². The van der Waals surface area contributed by atoms with Crippen LogP contribution in [0.5, 0.6) is 0 Å². The number of nitrogens with one attached hydrogen (secondary N) is 2. The lowest BCUT2D eigenvalue weighted by molar-refractivity contribution is -0.123. The number of carbonyl (C=O) groups is 1. The van der Waals surface area contributed by atoms with Crippen LogP contribution in [0.4, 0.5) is 0 Å². The van der Waals surface area contributed by atoms with E-state index in [0.717, 1.165) is 38.0 Å². The van der Waals surface area contributed by atoms with E-state index in [0.29, 0.717) is 13.1 Å². The molecule has 1 unspecified atom stereocenters. The molecule has 0 bridgehead atoms. The molecule has 1 aliphatic carbocycles. The van der Waals surface area contributed by atoms with Gasteiger partial charge in [0.15, 0.2) is 0 Å². The molecule has 0 radical (unpaired) electrons. The van der Waals surface area contributed by atoms with Crippen LogP contribution in [-0.4, -0.2) is 35.7 Å². The van der Waals surface area contributed by atoms with E-state index in [1.165, 1.54) is 6.42 Å². The highest BCUT2D eigenvalue weighted by Gasteiger charge is 2.33. The summed E-state index contributed by atoms with van der Waals surface area (Å²) in [6.45, 7) is 7.34. The second-order valence-corrected chi connectivity index (χ2v) is 5.97. The third kappa shape index (κ3) is 5.49. The summed E-state index contributed by atoms with van der Waals surface area (Å²) >= 11 is 0. The van der Waals surface area contributed by atoms with Crippen molar-refractivity contribution in [1.82, 2.24) is 10.6 Å². The minimum absolute atomic E-state index is 0.0210. The first-order valence-electron chi connectivity index (χ1n) is 7.74. The molecular weight excluding hydrogens is 240 g/mol. The fraction of sp³-hybridized carbons (Fsp3) is 0.933. The number of carbonyl (C=O) groups excluding carboxylic acids is 1. The van der Waals surface area contributed by atoms with E-state index >= 15 is 0 Å². The van der Waals surface area contributed by atoms with Crippen LogP contribution in [0, 0.1) is 5.92 Å². The lowest BCUT2D eigenvalue weighted by Gasteiger charge is -2.36. The van der Waals surface area contributed by atoms with Gasteiger partial charge < -0.3 is 15.7 Å². The molecule has 3 N–H and O–H groups in total. The smallest absolute Gasteiger partial charge is 0.236 e. The van der Waals surface area contributed by atoms with Crippen LogP contribution in [0.1, 0.15) is 59.3 Å². The molecule has 0 aromatic carbocycles. The van der Waals surface area contributed by atoms with Crippen molar-refractivity contribution in [2.75, 3.05) is 13.1 Å². The van der Waals surface area contributed by atoms with Crippen LogP contribution in [0.25, 0.3) is 0 Å². The van der Waals surface area contributed by atoms with Crippen LogP contribution >= 0.6 is 0 Å². The number of hydrogen-bond acceptors (Lipinski definition) is 3. The Morgan fingerprint density at radius 3 is 2.53 bits per heavy atom. The standard InChI is InChI=1S/C15H30N2O2/c1-4-10-16-14(18)12(3)17-11-15(19)8-6-13(5-2)7-9-15/h12-13,17,19H,4-11H2,1-3H3,(H,16,18). The fourth-order valence-corrected chi connectivity index (χ4v) is 2.64. The molecule has 0 spiro atoms. The molecule has 0 aromatic heterocycles. The molecule has 19 heavy (non-hydrogen) atoms. The maximum Gasteiger partial charge on any atom is 0.236 e. The van der Waals surface area contributed by atoms with Crippen molar-refractivity contribution in [1.29, 1.82) is 0 Å². The van der Waals surface area contributed by atoms with Crippen molar-refractivity contribution in [3.63, 3.8) is 0 Å². The average molecular weight is 270 g/mol. The molecule has 4 heteroatoms. The summed E-state index contributed by atoms with van der Waals surface area (Å²) in [5.41, 5.74) is -0.620. The maximum absolute atomic E-state index is 11.7. The minimum atomic E-state index is -0.620. The lowest BCUT2D eigenvalue weighted by Crippen LogP contribution is -2.50. The van der Waals surface area contributed by atoms with Gasteiger partial charge in [0.25, 0.3) is 0 Å². The SMILES string of the molecule is CCCNC(=O)C(C)NCC1(O)CCC(CC)CC1. The summed E-state index contributed by atoms with van der Waals surface area (Å²) in [5.74, 6) is 0.790. The van der Waals surface area contributed by atoms with Crippen LogP contribution in [0.3, 0.4) is 0 Å².